The molecule has 0 atom stereocenters. The minimum atomic E-state index is -0.409. The van der Waals surface area contributed by atoms with Gasteiger partial charge in [-0.3, -0.25) is 9.59 Å². The molecule has 0 saturated carbocycles. The average molecular weight is 364 g/mol. The number of benzene rings is 1. The van der Waals surface area contributed by atoms with Crippen LogP contribution < -0.4 is 0 Å². The Hall–Kier alpha value is -1.34. The van der Waals surface area contributed by atoms with Crippen molar-refractivity contribution in [2.75, 3.05) is 40.0 Å². The highest BCUT2D eigenvalue weighted by molar-refractivity contribution is 6.42. The Morgan fingerprint density at radius 1 is 1.17 bits per heavy atom. The van der Waals surface area contributed by atoms with Gasteiger partial charge in [0.15, 0.2) is 0 Å². The summed E-state index contributed by atoms with van der Waals surface area (Å²) in [6.45, 7) is 0.799. The van der Waals surface area contributed by atoms with Crippen LogP contribution >= 0.6 is 23.2 Å². The second kappa shape index (κ2) is 10.4. The zero-order valence-corrected chi connectivity index (χ0v) is 14.3. The van der Waals surface area contributed by atoms with E-state index in [0.717, 1.165) is 0 Å². The predicted molar refractivity (Wildman–Crippen MR) is 86.9 cm³/mol. The molecule has 1 rings (SSSR count). The molecular formula is C15H19Cl2NO5. The summed E-state index contributed by atoms with van der Waals surface area (Å²) >= 11 is 11.8. The SMILES string of the molecule is COC(=O)CCN(CCOCCO)C(=O)c1ccc(Cl)c(Cl)c1. The highest BCUT2D eigenvalue weighted by Gasteiger charge is 2.18. The van der Waals surface area contributed by atoms with Gasteiger partial charge in [0.25, 0.3) is 5.91 Å². The van der Waals surface area contributed by atoms with Crippen molar-refractivity contribution >= 4 is 35.1 Å². The van der Waals surface area contributed by atoms with Crippen LogP contribution in [0.5, 0.6) is 0 Å². The van der Waals surface area contributed by atoms with Gasteiger partial charge in [0.05, 0.1) is 43.4 Å². The van der Waals surface area contributed by atoms with Gasteiger partial charge in [0.1, 0.15) is 0 Å². The fraction of sp³-hybridized carbons (Fsp3) is 0.467. The van der Waals surface area contributed by atoms with Crippen LogP contribution in [0, 0.1) is 0 Å². The maximum atomic E-state index is 12.5. The first-order valence-corrected chi connectivity index (χ1v) is 7.75. The molecule has 1 N–H and O–H groups in total. The van der Waals surface area contributed by atoms with Gasteiger partial charge in [-0.25, -0.2) is 0 Å². The molecule has 6 nitrogen and oxygen atoms in total. The van der Waals surface area contributed by atoms with Crippen LogP contribution in [0.25, 0.3) is 0 Å². The molecule has 0 saturated heterocycles. The van der Waals surface area contributed by atoms with Gasteiger partial charge in [-0.05, 0) is 18.2 Å². The molecule has 0 spiro atoms. The Morgan fingerprint density at radius 2 is 1.91 bits per heavy atom. The molecule has 1 amide bonds. The Bertz CT molecular complexity index is 539. The highest BCUT2D eigenvalue weighted by Crippen LogP contribution is 2.23. The number of hydrogen-bond acceptors (Lipinski definition) is 5. The van der Waals surface area contributed by atoms with Crippen molar-refractivity contribution in [2.45, 2.75) is 6.42 Å². The third kappa shape index (κ3) is 6.74. The van der Waals surface area contributed by atoms with Crippen LogP contribution in [0.15, 0.2) is 18.2 Å². The van der Waals surface area contributed by atoms with Gasteiger partial charge in [-0.15, -0.1) is 0 Å². The largest absolute Gasteiger partial charge is 0.469 e. The summed E-state index contributed by atoms with van der Waals surface area (Å²) in [5, 5.41) is 9.33. The predicted octanol–water partition coefficient (Wildman–Crippen LogP) is 2.01. The van der Waals surface area contributed by atoms with E-state index in [1.54, 1.807) is 6.07 Å². The molecule has 0 aliphatic rings. The fourth-order valence-electron chi connectivity index (χ4n) is 1.80. The Balaban J connectivity index is 2.76. The van der Waals surface area contributed by atoms with Crippen molar-refractivity contribution in [1.82, 2.24) is 4.90 Å². The first kappa shape index (κ1) is 19.7. The smallest absolute Gasteiger partial charge is 0.307 e. The zero-order valence-electron chi connectivity index (χ0n) is 12.8. The molecule has 1 aromatic rings. The summed E-state index contributed by atoms with van der Waals surface area (Å²) in [5.41, 5.74) is 0.367. The number of halogens is 2. The van der Waals surface area contributed by atoms with Gasteiger partial charge >= 0.3 is 5.97 Å². The molecule has 23 heavy (non-hydrogen) atoms. The molecule has 0 fully saturated rings. The van der Waals surface area contributed by atoms with Gasteiger partial charge in [-0.1, -0.05) is 23.2 Å². The van der Waals surface area contributed by atoms with E-state index < -0.39 is 5.97 Å². The molecule has 0 aliphatic heterocycles. The van der Waals surface area contributed by atoms with Crippen LogP contribution in [0.3, 0.4) is 0 Å². The number of rotatable bonds is 9. The van der Waals surface area contributed by atoms with E-state index in [0.29, 0.717) is 10.6 Å². The first-order valence-electron chi connectivity index (χ1n) is 6.99. The summed E-state index contributed by atoms with van der Waals surface area (Å²) in [5.74, 6) is -0.701. The van der Waals surface area contributed by atoms with E-state index in [2.05, 4.69) is 4.74 Å². The number of amides is 1. The van der Waals surface area contributed by atoms with Crippen molar-refractivity contribution in [3.05, 3.63) is 33.8 Å². The minimum absolute atomic E-state index is 0.0730. The van der Waals surface area contributed by atoms with Crippen LogP contribution in [0.1, 0.15) is 16.8 Å². The van der Waals surface area contributed by atoms with E-state index in [9.17, 15) is 9.59 Å². The maximum absolute atomic E-state index is 12.5. The molecule has 0 heterocycles. The zero-order chi connectivity index (χ0) is 17.2. The number of hydrogen-bond donors (Lipinski definition) is 1. The standard InChI is InChI=1S/C15H19Cl2NO5/c1-22-14(20)4-5-18(6-8-23-9-7-19)15(21)11-2-3-12(16)13(17)10-11/h2-3,10,19H,4-9H2,1H3. The van der Waals surface area contributed by atoms with Crippen molar-refractivity contribution in [1.29, 1.82) is 0 Å². The normalized spacial score (nSPS) is 10.4. The molecular weight excluding hydrogens is 345 g/mol. The van der Waals surface area contributed by atoms with E-state index in [1.165, 1.54) is 24.1 Å². The van der Waals surface area contributed by atoms with Gasteiger partial charge < -0.3 is 19.5 Å². The number of carbonyl (C=O) groups is 2. The number of carbonyl (C=O) groups excluding carboxylic acids is 2. The molecule has 8 heteroatoms. The number of methoxy groups -OCH3 is 1. The van der Waals surface area contributed by atoms with Crippen LogP contribution in [0.2, 0.25) is 10.0 Å². The van der Waals surface area contributed by atoms with Crippen molar-refractivity contribution in [3.63, 3.8) is 0 Å². The lowest BCUT2D eigenvalue weighted by molar-refractivity contribution is -0.140. The number of esters is 1. The summed E-state index contributed by atoms with van der Waals surface area (Å²) in [6, 6.07) is 4.58. The van der Waals surface area contributed by atoms with E-state index in [4.69, 9.17) is 33.0 Å². The minimum Gasteiger partial charge on any atom is -0.469 e. The topological polar surface area (TPSA) is 76.1 Å². The van der Waals surface area contributed by atoms with E-state index in [1.807, 2.05) is 0 Å². The lowest BCUT2D eigenvalue weighted by Crippen LogP contribution is -2.36. The van der Waals surface area contributed by atoms with Gasteiger partial charge in [-0.2, -0.15) is 0 Å². The van der Waals surface area contributed by atoms with Crippen molar-refractivity contribution in [2.24, 2.45) is 0 Å². The van der Waals surface area contributed by atoms with E-state index >= 15 is 0 Å². The number of aliphatic hydroxyl groups is 1. The molecule has 0 aromatic heterocycles. The number of nitrogens with zero attached hydrogens (tertiary/aromatic N) is 1. The second-order valence-electron chi connectivity index (χ2n) is 4.58. The van der Waals surface area contributed by atoms with Gasteiger partial charge in [0.2, 0.25) is 0 Å². The lowest BCUT2D eigenvalue weighted by Gasteiger charge is -2.22. The fourth-order valence-corrected chi connectivity index (χ4v) is 2.09. The molecule has 0 unspecified atom stereocenters. The van der Waals surface area contributed by atoms with Crippen LogP contribution in [-0.4, -0.2) is 61.9 Å². The molecule has 128 valence electrons. The number of ether oxygens (including phenoxy) is 2. The van der Waals surface area contributed by atoms with Gasteiger partial charge in [0, 0.05) is 18.7 Å². The molecule has 0 aliphatic carbocycles. The Kier molecular flexibility index (Phi) is 8.94. The Morgan fingerprint density at radius 3 is 2.52 bits per heavy atom. The van der Waals surface area contributed by atoms with Crippen molar-refractivity contribution < 1.29 is 24.2 Å². The van der Waals surface area contributed by atoms with Crippen LogP contribution in [0.4, 0.5) is 0 Å². The maximum Gasteiger partial charge on any atom is 0.307 e. The number of aliphatic hydroxyl groups excluding tert-OH is 1. The summed E-state index contributed by atoms with van der Waals surface area (Å²) in [7, 11) is 1.29. The third-order valence-corrected chi connectivity index (χ3v) is 3.75. The monoisotopic (exact) mass is 363 g/mol. The summed E-state index contributed by atoms with van der Waals surface area (Å²) in [4.78, 5) is 25.3. The molecule has 0 bridgehead atoms. The van der Waals surface area contributed by atoms with Crippen LogP contribution in [-0.2, 0) is 14.3 Å². The quantitative estimate of drug-likeness (QED) is 0.536. The summed E-state index contributed by atoms with van der Waals surface area (Å²) in [6.07, 6.45) is 0.0730. The third-order valence-electron chi connectivity index (χ3n) is 3.01. The molecule has 0 radical (unpaired) electrons. The van der Waals surface area contributed by atoms with E-state index in [-0.39, 0.29) is 50.3 Å². The Labute approximate surface area is 144 Å². The summed E-state index contributed by atoms with van der Waals surface area (Å²) < 4.78 is 9.75. The lowest BCUT2D eigenvalue weighted by atomic mass is 10.2. The first-order chi connectivity index (χ1) is 11.0. The van der Waals surface area contributed by atoms with Crippen molar-refractivity contribution in [3.8, 4) is 0 Å². The second-order valence-corrected chi connectivity index (χ2v) is 5.40. The average Bonchev–Trinajstić information content (AvgIpc) is 2.55. The molecule has 1 aromatic carbocycles. The highest BCUT2D eigenvalue weighted by atomic mass is 35.5.